The van der Waals surface area contributed by atoms with E-state index in [1.54, 1.807) is 0 Å². The highest BCUT2D eigenvalue weighted by Crippen LogP contribution is 2.50. The maximum absolute atomic E-state index is 3.90. The second kappa shape index (κ2) is 6.14. The van der Waals surface area contributed by atoms with E-state index in [-0.39, 0.29) is 5.41 Å². The van der Waals surface area contributed by atoms with Crippen LogP contribution in [0.3, 0.4) is 0 Å². The van der Waals surface area contributed by atoms with E-state index in [4.69, 9.17) is 0 Å². The van der Waals surface area contributed by atoms with Crippen LogP contribution in [0, 0.1) is 0 Å². The zero-order chi connectivity index (χ0) is 18.3. The van der Waals surface area contributed by atoms with Gasteiger partial charge in [-0.25, -0.2) is 0 Å². The molecule has 0 N–H and O–H groups in total. The molecular formula is C26H24. The fourth-order valence-corrected chi connectivity index (χ4v) is 4.29. The first-order chi connectivity index (χ1) is 12.6. The summed E-state index contributed by atoms with van der Waals surface area (Å²) in [6, 6.07) is 22.1. The van der Waals surface area contributed by atoms with Gasteiger partial charge in [-0.05, 0) is 63.2 Å². The molecular weight excluding hydrogens is 312 g/mol. The van der Waals surface area contributed by atoms with Crippen molar-refractivity contribution >= 4 is 16.3 Å². The van der Waals surface area contributed by atoms with Crippen LogP contribution in [0.1, 0.15) is 31.9 Å². The first kappa shape index (κ1) is 16.6. The van der Waals surface area contributed by atoms with Crippen molar-refractivity contribution in [3.8, 4) is 11.1 Å². The van der Waals surface area contributed by atoms with E-state index in [0.717, 1.165) is 0 Å². The van der Waals surface area contributed by atoms with Crippen molar-refractivity contribution in [2.45, 2.75) is 26.2 Å². The van der Waals surface area contributed by atoms with Gasteiger partial charge in [0.1, 0.15) is 0 Å². The number of benzene rings is 3. The molecule has 0 unspecified atom stereocenters. The van der Waals surface area contributed by atoms with Crippen LogP contribution in [0.4, 0.5) is 0 Å². The van der Waals surface area contributed by atoms with Crippen molar-refractivity contribution in [3.05, 3.63) is 102 Å². The van der Waals surface area contributed by atoms with Crippen LogP contribution in [-0.2, 0) is 5.41 Å². The molecule has 1 aliphatic rings. The highest BCUT2D eigenvalue weighted by atomic mass is 14.4. The lowest BCUT2D eigenvalue weighted by molar-refractivity contribution is 0.660. The minimum absolute atomic E-state index is 0.00574. The third-order valence-corrected chi connectivity index (χ3v) is 5.60. The zero-order valence-corrected chi connectivity index (χ0v) is 15.7. The molecule has 1 aliphatic carbocycles. The van der Waals surface area contributed by atoms with Gasteiger partial charge < -0.3 is 0 Å². The van der Waals surface area contributed by atoms with E-state index < -0.39 is 0 Å². The summed E-state index contributed by atoms with van der Waals surface area (Å²) in [5, 5.41) is 2.57. The molecule has 128 valence electrons. The van der Waals surface area contributed by atoms with E-state index in [1.165, 1.54) is 44.2 Å². The molecule has 0 nitrogen and oxygen atoms in total. The lowest BCUT2D eigenvalue weighted by atomic mass is 9.81. The van der Waals surface area contributed by atoms with Crippen LogP contribution in [0.15, 0.2) is 91.0 Å². The third kappa shape index (κ3) is 2.45. The Hall–Kier alpha value is -2.86. The van der Waals surface area contributed by atoms with Gasteiger partial charge in [-0.3, -0.25) is 0 Å². The number of hydrogen-bond acceptors (Lipinski definition) is 0. The van der Waals surface area contributed by atoms with Gasteiger partial charge >= 0.3 is 0 Å². The van der Waals surface area contributed by atoms with Gasteiger partial charge in [0.25, 0.3) is 0 Å². The van der Waals surface area contributed by atoms with Gasteiger partial charge in [-0.1, -0.05) is 87.2 Å². The Morgan fingerprint density at radius 2 is 1.54 bits per heavy atom. The maximum Gasteiger partial charge on any atom is 0.0155 e. The fourth-order valence-electron chi connectivity index (χ4n) is 4.29. The second-order valence-corrected chi connectivity index (χ2v) is 7.47. The lowest BCUT2D eigenvalue weighted by Crippen LogP contribution is -2.15. The Morgan fingerprint density at radius 1 is 0.846 bits per heavy atom. The van der Waals surface area contributed by atoms with Crippen molar-refractivity contribution in [3.63, 3.8) is 0 Å². The van der Waals surface area contributed by atoms with Gasteiger partial charge in [0.05, 0.1) is 0 Å². The van der Waals surface area contributed by atoms with Crippen LogP contribution in [0.5, 0.6) is 0 Å². The number of allylic oxidation sites excluding steroid dienone is 5. The van der Waals surface area contributed by atoms with E-state index >= 15 is 0 Å². The molecule has 0 atom stereocenters. The Morgan fingerprint density at radius 3 is 2.27 bits per heavy atom. The van der Waals surface area contributed by atoms with Gasteiger partial charge in [-0.15, -0.1) is 0 Å². The Labute approximate surface area is 156 Å². The minimum Gasteiger partial charge on any atom is -0.0990 e. The summed E-state index contributed by atoms with van der Waals surface area (Å²) < 4.78 is 0. The monoisotopic (exact) mass is 336 g/mol. The average molecular weight is 336 g/mol. The summed E-state index contributed by atoms with van der Waals surface area (Å²) in [6.07, 6.45) is 6.27. The van der Waals surface area contributed by atoms with Crippen LogP contribution < -0.4 is 0 Å². The van der Waals surface area contributed by atoms with Gasteiger partial charge in [0.2, 0.25) is 0 Å². The SMILES string of the molecule is C=C/C=C1\C(=C/C)C(C)(C)c2cc(-c3ccc4ccccc4c3)ccc21. The molecule has 0 spiro atoms. The van der Waals surface area contributed by atoms with E-state index in [0.29, 0.717) is 0 Å². The minimum atomic E-state index is 0.00574. The van der Waals surface area contributed by atoms with Gasteiger partial charge in [0.15, 0.2) is 0 Å². The van der Waals surface area contributed by atoms with E-state index in [1.807, 2.05) is 6.08 Å². The molecule has 0 bridgehead atoms. The third-order valence-electron chi connectivity index (χ3n) is 5.60. The summed E-state index contributed by atoms with van der Waals surface area (Å²) in [4.78, 5) is 0. The van der Waals surface area contributed by atoms with Gasteiger partial charge in [-0.2, -0.15) is 0 Å². The summed E-state index contributed by atoms with van der Waals surface area (Å²) in [6.45, 7) is 10.7. The molecule has 0 saturated heterocycles. The molecule has 0 fully saturated rings. The lowest BCUT2D eigenvalue weighted by Gasteiger charge is -2.22. The van der Waals surface area contributed by atoms with Crippen molar-refractivity contribution in [2.75, 3.05) is 0 Å². The average Bonchev–Trinajstić information content (AvgIpc) is 2.87. The summed E-state index contributed by atoms with van der Waals surface area (Å²) in [5.41, 5.74) is 7.95. The first-order valence-corrected chi connectivity index (χ1v) is 9.20. The second-order valence-electron chi connectivity index (χ2n) is 7.47. The predicted octanol–water partition coefficient (Wildman–Crippen LogP) is 7.31. The number of rotatable bonds is 2. The van der Waals surface area contributed by atoms with E-state index in [2.05, 4.69) is 100 Å². The molecule has 4 rings (SSSR count). The van der Waals surface area contributed by atoms with Crippen LogP contribution in [0.25, 0.3) is 27.5 Å². The molecule has 0 saturated carbocycles. The summed E-state index contributed by atoms with van der Waals surface area (Å²) in [7, 11) is 0. The molecule has 0 heteroatoms. The van der Waals surface area contributed by atoms with Gasteiger partial charge in [0, 0.05) is 5.41 Å². The number of hydrogen-bond donors (Lipinski definition) is 0. The topological polar surface area (TPSA) is 0 Å². The standard InChI is InChI=1S/C26H24/c1-5-9-22-23-15-14-21(17-25(23)26(3,4)24(22)6-2)20-13-12-18-10-7-8-11-19(18)16-20/h5-17H,1H2,2-4H3/b22-9-,24-6+. The molecule has 3 aromatic rings. The number of fused-ring (bicyclic) bond motifs is 2. The zero-order valence-electron chi connectivity index (χ0n) is 15.7. The highest BCUT2D eigenvalue weighted by molar-refractivity contribution is 5.92. The Bertz CT molecular complexity index is 1070. The van der Waals surface area contributed by atoms with Crippen molar-refractivity contribution < 1.29 is 0 Å². The van der Waals surface area contributed by atoms with Crippen molar-refractivity contribution in [2.24, 2.45) is 0 Å². The molecule has 0 amide bonds. The fraction of sp³-hybridized carbons (Fsp3) is 0.154. The molecule has 3 aromatic carbocycles. The Kier molecular flexibility index (Phi) is 3.92. The highest BCUT2D eigenvalue weighted by Gasteiger charge is 2.37. The van der Waals surface area contributed by atoms with E-state index in [9.17, 15) is 0 Å². The molecule has 26 heavy (non-hydrogen) atoms. The van der Waals surface area contributed by atoms with Crippen molar-refractivity contribution in [1.82, 2.24) is 0 Å². The van der Waals surface area contributed by atoms with Crippen LogP contribution in [0.2, 0.25) is 0 Å². The quantitative estimate of drug-likeness (QED) is 0.460. The first-order valence-electron chi connectivity index (χ1n) is 9.20. The largest absolute Gasteiger partial charge is 0.0990 e. The van der Waals surface area contributed by atoms with Crippen LogP contribution in [-0.4, -0.2) is 0 Å². The van der Waals surface area contributed by atoms with Crippen molar-refractivity contribution in [1.29, 1.82) is 0 Å². The maximum atomic E-state index is 3.90. The van der Waals surface area contributed by atoms with Crippen LogP contribution >= 0.6 is 0 Å². The Balaban J connectivity index is 1.90. The summed E-state index contributed by atoms with van der Waals surface area (Å²) >= 11 is 0. The normalized spacial score (nSPS) is 18.4. The molecule has 0 radical (unpaired) electrons. The smallest absolute Gasteiger partial charge is 0.0155 e. The molecule has 0 heterocycles. The predicted molar refractivity (Wildman–Crippen MR) is 114 cm³/mol. The summed E-state index contributed by atoms with van der Waals surface area (Å²) in [5.74, 6) is 0. The molecule has 0 aliphatic heterocycles. The molecule has 0 aromatic heterocycles.